The van der Waals surface area contributed by atoms with Crippen LogP contribution >= 0.6 is 0 Å². The first-order chi connectivity index (χ1) is 7.18. The molecule has 1 aromatic carbocycles. The van der Waals surface area contributed by atoms with Gasteiger partial charge in [-0.05, 0) is 30.3 Å². The number of nitrogens with two attached hydrogens (primary N) is 1. The summed E-state index contributed by atoms with van der Waals surface area (Å²) in [7, 11) is 0. The third-order valence-electron chi connectivity index (χ3n) is 2.00. The van der Waals surface area contributed by atoms with E-state index < -0.39 is 11.6 Å². The van der Waals surface area contributed by atoms with E-state index in [0.717, 1.165) is 0 Å². The van der Waals surface area contributed by atoms with E-state index in [9.17, 15) is 8.78 Å². The van der Waals surface area contributed by atoms with Crippen LogP contribution in [-0.2, 0) is 0 Å². The van der Waals surface area contributed by atoms with Gasteiger partial charge in [0.15, 0.2) is 0 Å². The second-order valence-corrected chi connectivity index (χ2v) is 3.07. The predicted molar refractivity (Wildman–Crippen MR) is 54.0 cm³/mol. The molecule has 15 heavy (non-hydrogen) atoms. The molecule has 2 rings (SSSR count). The van der Waals surface area contributed by atoms with Crippen LogP contribution in [0.25, 0.3) is 11.3 Å². The lowest BCUT2D eigenvalue weighted by Crippen LogP contribution is -1.94. The van der Waals surface area contributed by atoms with Crippen LogP contribution < -0.4 is 5.73 Å². The van der Waals surface area contributed by atoms with E-state index >= 15 is 0 Å². The van der Waals surface area contributed by atoms with E-state index in [2.05, 4.69) is 4.98 Å². The number of hydrogen-bond acceptors (Lipinski definition) is 2. The first-order valence-corrected chi connectivity index (χ1v) is 4.34. The van der Waals surface area contributed by atoms with E-state index in [1.54, 1.807) is 0 Å². The largest absolute Gasteiger partial charge is 0.399 e. The quantitative estimate of drug-likeness (QED) is 0.728. The fraction of sp³-hybridized carbons (Fsp3) is 0. The number of aromatic nitrogens is 1. The number of benzene rings is 1. The Morgan fingerprint density at radius 2 is 1.87 bits per heavy atom. The normalized spacial score (nSPS) is 10.3. The van der Waals surface area contributed by atoms with Gasteiger partial charge in [0.25, 0.3) is 0 Å². The summed E-state index contributed by atoms with van der Waals surface area (Å²) in [5.41, 5.74) is 5.92. The van der Waals surface area contributed by atoms with Gasteiger partial charge < -0.3 is 5.73 Å². The second-order valence-electron chi connectivity index (χ2n) is 3.07. The molecule has 0 aliphatic carbocycles. The molecule has 0 aliphatic heterocycles. The standard InChI is InChI=1S/C11H8F2N2/c12-9-4-3-7(14)6-8(9)11-10(13)2-1-5-15-11/h1-6H,14H2. The van der Waals surface area contributed by atoms with Crippen molar-refractivity contribution in [2.75, 3.05) is 5.73 Å². The van der Waals surface area contributed by atoms with Gasteiger partial charge in [0.05, 0.1) is 0 Å². The molecule has 1 aromatic heterocycles. The Bertz CT molecular complexity index is 498. The molecule has 0 aliphatic rings. The zero-order valence-corrected chi connectivity index (χ0v) is 7.74. The van der Waals surface area contributed by atoms with Crippen LogP contribution in [0.3, 0.4) is 0 Å². The third kappa shape index (κ3) is 1.79. The van der Waals surface area contributed by atoms with Crippen molar-refractivity contribution >= 4 is 5.69 Å². The Morgan fingerprint density at radius 1 is 1.07 bits per heavy atom. The van der Waals surface area contributed by atoms with E-state index in [0.29, 0.717) is 5.69 Å². The van der Waals surface area contributed by atoms with Crippen molar-refractivity contribution in [3.05, 3.63) is 48.2 Å². The molecule has 0 fully saturated rings. The van der Waals surface area contributed by atoms with Crippen LogP contribution in [-0.4, -0.2) is 4.98 Å². The summed E-state index contributed by atoms with van der Waals surface area (Å²) in [4.78, 5) is 3.78. The van der Waals surface area contributed by atoms with E-state index in [-0.39, 0.29) is 11.3 Å². The third-order valence-corrected chi connectivity index (χ3v) is 2.00. The molecular formula is C11H8F2N2. The molecule has 2 nitrogen and oxygen atoms in total. The predicted octanol–water partition coefficient (Wildman–Crippen LogP) is 2.61. The Hall–Kier alpha value is -1.97. The first-order valence-electron chi connectivity index (χ1n) is 4.34. The Kier molecular flexibility index (Phi) is 2.33. The zero-order valence-electron chi connectivity index (χ0n) is 7.74. The van der Waals surface area contributed by atoms with Gasteiger partial charge in [-0.15, -0.1) is 0 Å². The fourth-order valence-electron chi connectivity index (χ4n) is 1.31. The molecule has 76 valence electrons. The lowest BCUT2D eigenvalue weighted by molar-refractivity contribution is 0.612. The molecule has 0 bridgehead atoms. The van der Waals surface area contributed by atoms with E-state index in [4.69, 9.17) is 5.73 Å². The molecule has 4 heteroatoms. The maximum absolute atomic E-state index is 13.4. The van der Waals surface area contributed by atoms with E-state index in [1.807, 2.05) is 0 Å². The highest BCUT2D eigenvalue weighted by molar-refractivity contribution is 5.65. The van der Waals surface area contributed by atoms with Crippen LogP contribution in [0.4, 0.5) is 14.5 Å². The van der Waals surface area contributed by atoms with Gasteiger partial charge in [-0.25, -0.2) is 8.78 Å². The number of halogens is 2. The maximum atomic E-state index is 13.4. The topological polar surface area (TPSA) is 38.9 Å². The van der Waals surface area contributed by atoms with E-state index in [1.165, 1.54) is 36.5 Å². The van der Waals surface area contributed by atoms with Crippen LogP contribution in [0.2, 0.25) is 0 Å². The minimum Gasteiger partial charge on any atom is -0.399 e. The lowest BCUT2D eigenvalue weighted by Gasteiger charge is -2.04. The SMILES string of the molecule is Nc1ccc(F)c(-c2ncccc2F)c1. The molecule has 0 radical (unpaired) electrons. The highest BCUT2D eigenvalue weighted by atomic mass is 19.1. The van der Waals surface area contributed by atoms with Crippen molar-refractivity contribution < 1.29 is 8.78 Å². The monoisotopic (exact) mass is 206 g/mol. The van der Waals surface area contributed by atoms with Gasteiger partial charge in [-0.1, -0.05) is 0 Å². The summed E-state index contributed by atoms with van der Waals surface area (Å²) in [5, 5.41) is 0. The average molecular weight is 206 g/mol. The van der Waals surface area contributed by atoms with Crippen LogP contribution in [0.15, 0.2) is 36.5 Å². The molecule has 0 unspecified atom stereocenters. The number of rotatable bonds is 1. The summed E-state index contributed by atoms with van der Waals surface area (Å²) in [6.07, 6.45) is 1.40. The molecule has 0 atom stereocenters. The molecule has 0 amide bonds. The number of nitrogens with zero attached hydrogens (tertiary/aromatic N) is 1. The van der Waals surface area contributed by atoms with Crippen molar-refractivity contribution in [2.45, 2.75) is 0 Å². The van der Waals surface area contributed by atoms with Gasteiger partial charge in [0.2, 0.25) is 0 Å². The molecule has 0 saturated heterocycles. The maximum Gasteiger partial charge on any atom is 0.149 e. The first kappa shape index (κ1) is 9.58. The summed E-state index contributed by atoms with van der Waals surface area (Å²) >= 11 is 0. The van der Waals surface area contributed by atoms with Crippen molar-refractivity contribution in [1.82, 2.24) is 4.98 Å². The van der Waals surface area contributed by atoms with Crippen molar-refractivity contribution in [2.24, 2.45) is 0 Å². The summed E-state index contributed by atoms with van der Waals surface area (Å²) in [6, 6.07) is 6.65. The highest BCUT2D eigenvalue weighted by Gasteiger charge is 2.10. The van der Waals surface area contributed by atoms with Crippen LogP contribution in [0.5, 0.6) is 0 Å². The van der Waals surface area contributed by atoms with Crippen molar-refractivity contribution in [1.29, 1.82) is 0 Å². The second kappa shape index (κ2) is 3.65. The number of anilines is 1. The van der Waals surface area contributed by atoms with Crippen molar-refractivity contribution in [3.63, 3.8) is 0 Å². The Balaban J connectivity index is 2.64. The minimum atomic E-state index is -0.568. The number of nitrogen functional groups attached to an aromatic ring is 1. The molecule has 2 N–H and O–H groups in total. The molecular weight excluding hydrogens is 198 g/mol. The fourth-order valence-corrected chi connectivity index (χ4v) is 1.31. The Morgan fingerprint density at radius 3 is 2.60 bits per heavy atom. The number of pyridine rings is 1. The summed E-state index contributed by atoms with van der Waals surface area (Å²) < 4.78 is 26.7. The lowest BCUT2D eigenvalue weighted by atomic mass is 10.1. The van der Waals surface area contributed by atoms with Gasteiger partial charge >= 0.3 is 0 Å². The molecule has 1 heterocycles. The van der Waals surface area contributed by atoms with Gasteiger partial charge in [-0.2, -0.15) is 0 Å². The van der Waals surface area contributed by atoms with Gasteiger partial charge in [-0.3, -0.25) is 4.98 Å². The summed E-state index contributed by atoms with van der Waals surface area (Å²) in [6.45, 7) is 0. The average Bonchev–Trinajstić information content (AvgIpc) is 2.23. The smallest absolute Gasteiger partial charge is 0.149 e. The Labute approximate surface area is 85.4 Å². The van der Waals surface area contributed by atoms with Gasteiger partial charge in [0.1, 0.15) is 17.3 Å². The summed E-state index contributed by atoms with van der Waals surface area (Å²) in [5.74, 6) is -1.11. The van der Waals surface area contributed by atoms with Crippen LogP contribution in [0, 0.1) is 11.6 Å². The molecule has 0 saturated carbocycles. The van der Waals surface area contributed by atoms with Gasteiger partial charge in [0, 0.05) is 17.4 Å². The highest BCUT2D eigenvalue weighted by Crippen LogP contribution is 2.24. The van der Waals surface area contributed by atoms with Crippen LogP contribution in [0.1, 0.15) is 0 Å². The minimum absolute atomic E-state index is 0.0256. The zero-order chi connectivity index (χ0) is 10.8. The number of hydrogen-bond donors (Lipinski definition) is 1. The molecule has 0 spiro atoms. The molecule has 2 aromatic rings. The van der Waals surface area contributed by atoms with Crippen molar-refractivity contribution in [3.8, 4) is 11.3 Å².